The summed E-state index contributed by atoms with van der Waals surface area (Å²) in [5, 5.41) is 2.66. The molecule has 148 valence electrons. The fraction of sp³-hybridized carbons (Fsp3) is 0.300. The Balaban J connectivity index is 1.58. The number of nitrogens with one attached hydrogen (secondary N) is 1. The Kier molecular flexibility index (Phi) is 6.07. The van der Waals surface area contributed by atoms with Crippen LogP contribution in [0.5, 0.6) is 0 Å². The van der Waals surface area contributed by atoms with Crippen LogP contribution in [0.3, 0.4) is 0 Å². The van der Waals surface area contributed by atoms with Crippen LogP contribution in [0.1, 0.15) is 17.5 Å². The molecule has 1 N–H and O–H groups in total. The van der Waals surface area contributed by atoms with Crippen LogP contribution in [0.15, 0.2) is 53.0 Å². The molecule has 2 aromatic carbocycles. The van der Waals surface area contributed by atoms with E-state index < -0.39 is 17.7 Å². The number of amides is 2. The third-order valence-corrected chi connectivity index (χ3v) is 5.33. The Morgan fingerprint density at radius 1 is 1.14 bits per heavy atom. The number of nitrogens with zero attached hydrogens (tertiary/aromatic N) is 1. The molecular formula is C20H18BrF3N2O2. The third kappa shape index (κ3) is 4.55. The van der Waals surface area contributed by atoms with Crippen molar-refractivity contribution in [3.63, 3.8) is 0 Å². The monoisotopic (exact) mass is 454 g/mol. The van der Waals surface area contributed by atoms with E-state index >= 15 is 0 Å². The van der Waals surface area contributed by atoms with Gasteiger partial charge in [0.05, 0.1) is 17.2 Å². The minimum absolute atomic E-state index is 0.0655. The van der Waals surface area contributed by atoms with Gasteiger partial charge in [0.15, 0.2) is 0 Å². The second kappa shape index (κ2) is 8.34. The molecule has 1 heterocycles. The highest BCUT2D eigenvalue weighted by atomic mass is 79.9. The fourth-order valence-electron chi connectivity index (χ4n) is 3.27. The molecule has 0 aromatic heterocycles. The number of carbonyl (C=O) groups is 2. The van der Waals surface area contributed by atoms with Crippen LogP contribution < -0.4 is 10.2 Å². The number of halogens is 4. The van der Waals surface area contributed by atoms with Crippen LogP contribution in [-0.2, 0) is 22.2 Å². The molecule has 4 nitrogen and oxygen atoms in total. The topological polar surface area (TPSA) is 49.4 Å². The highest BCUT2D eigenvalue weighted by Gasteiger charge is 2.36. The van der Waals surface area contributed by atoms with Gasteiger partial charge in [-0.1, -0.05) is 30.3 Å². The van der Waals surface area contributed by atoms with Crippen molar-refractivity contribution in [2.24, 2.45) is 5.92 Å². The minimum atomic E-state index is -4.43. The van der Waals surface area contributed by atoms with Gasteiger partial charge in [0.2, 0.25) is 11.8 Å². The van der Waals surface area contributed by atoms with Crippen molar-refractivity contribution in [1.29, 1.82) is 0 Å². The second-order valence-electron chi connectivity index (χ2n) is 6.55. The summed E-state index contributed by atoms with van der Waals surface area (Å²) >= 11 is 3.39. The molecule has 0 saturated carbocycles. The fourth-order valence-corrected chi connectivity index (χ4v) is 3.77. The summed E-state index contributed by atoms with van der Waals surface area (Å²) in [4.78, 5) is 26.2. The van der Waals surface area contributed by atoms with E-state index in [1.165, 1.54) is 18.2 Å². The molecule has 0 spiro atoms. The Bertz CT molecular complexity index is 886. The minimum Gasteiger partial charge on any atom is -0.355 e. The zero-order chi connectivity index (χ0) is 20.3. The van der Waals surface area contributed by atoms with E-state index in [1.54, 1.807) is 17.0 Å². The van der Waals surface area contributed by atoms with Crippen LogP contribution >= 0.6 is 15.9 Å². The molecule has 2 amide bonds. The summed E-state index contributed by atoms with van der Waals surface area (Å²) in [6.45, 7) is 0.318. The highest BCUT2D eigenvalue weighted by molar-refractivity contribution is 9.10. The summed E-state index contributed by atoms with van der Waals surface area (Å²) in [5.41, 5.74) is 0.134. The molecule has 28 heavy (non-hydrogen) atoms. The lowest BCUT2D eigenvalue weighted by molar-refractivity contribution is -0.138. The van der Waals surface area contributed by atoms with Crippen LogP contribution in [0.4, 0.5) is 18.9 Å². The molecular weight excluding hydrogens is 437 g/mol. The number of rotatable bonds is 5. The van der Waals surface area contributed by atoms with E-state index in [1.807, 2.05) is 12.1 Å². The molecule has 1 fully saturated rings. The predicted molar refractivity (Wildman–Crippen MR) is 103 cm³/mol. The van der Waals surface area contributed by atoms with Gasteiger partial charge in [0, 0.05) is 24.0 Å². The maximum Gasteiger partial charge on any atom is 0.416 e. The third-order valence-electron chi connectivity index (χ3n) is 4.66. The van der Waals surface area contributed by atoms with E-state index in [-0.39, 0.29) is 43.3 Å². The van der Waals surface area contributed by atoms with Crippen LogP contribution in [0, 0.1) is 5.92 Å². The summed E-state index contributed by atoms with van der Waals surface area (Å²) in [5.74, 6) is -1.01. The number of hydrogen-bond acceptors (Lipinski definition) is 2. The van der Waals surface area contributed by atoms with Crippen LogP contribution in [0.25, 0.3) is 0 Å². The van der Waals surface area contributed by atoms with Crippen molar-refractivity contribution in [1.82, 2.24) is 5.32 Å². The SMILES string of the molecule is O=C(NCCc1ccccc1C(F)(F)F)C1CC(=O)N(c2ccccc2Br)C1. The van der Waals surface area contributed by atoms with Gasteiger partial charge in [-0.2, -0.15) is 13.2 Å². The van der Waals surface area contributed by atoms with Gasteiger partial charge in [-0.05, 0) is 46.1 Å². The lowest BCUT2D eigenvalue weighted by Gasteiger charge is -2.18. The molecule has 1 atom stereocenters. The lowest BCUT2D eigenvalue weighted by Crippen LogP contribution is -2.34. The van der Waals surface area contributed by atoms with Gasteiger partial charge in [-0.3, -0.25) is 9.59 Å². The molecule has 0 bridgehead atoms. The second-order valence-corrected chi connectivity index (χ2v) is 7.41. The molecule has 1 aliphatic rings. The Morgan fingerprint density at radius 3 is 2.54 bits per heavy atom. The van der Waals surface area contributed by atoms with Crippen molar-refractivity contribution < 1.29 is 22.8 Å². The number of alkyl halides is 3. The van der Waals surface area contributed by atoms with Gasteiger partial charge in [0.25, 0.3) is 0 Å². The van der Waals surface area contributed by atoms with Crippen molar-refractivity contribution in [2.75, 3.05) is 18.0 Å². The first-order chi connectivity index (χ1) is 13.3. The zero-order valence-electron chi connectivity index (χ0n) is 14.8. The van der Waals surface area contributed by atoms with E-state index in [9.17, 15) is 22.8 Å². The molecule has 0 aliphatic carbocycles. The summed E-state index contributed by atoms with van der Waals surface area (Å²) < 4.78 is 39.8. The van der Waals surface area contributed by atoms with Crippen LogP contribution in [-0.4, -0.2) is 24.9 Å². The molecule has 0 radical (unpaired) electrons. The van der Waals surface area contributed by atoms with E-state index in [0.717, 1.165) is 10.5 Å². The number of para-hydroxylation sites is 1. The number of benzene rings is 2. The largest absolute Gasteiger partial charge is 0.416 e. The Labute approximate surface area is 168 Å². The smallest absolute Gasteiger partial charge is 0.355 e. The van der Waals surface area contributed by atoms with Gasteiger partial charge in [-0.25, -0.2) is 0 Å². The van der Waals surface area contributed by atoms with Gasteiger partial charge in [0.1, 0.15) is 0 Å². The quantitative estimate of drug-likeness (QED) is 0.736. The number of carbonyl (C=O) groups excluding carboxylic acids is 2. The van der Waals surface area contributed by atoms with Crippen molar-refractivity contribution >= 4 is 33.4 Å². The number of anilines is 1. The maximum atomic E-state index is 13.0. The van der Waals surface area contributed by atoms with Crippen molar-refractivity contribution in [3.05, 3.63) is 64.1 Å². The van der Waals surface area contributed by atoms with Crippen molar-refractivity contribution in [3.8, 4) is 0 Å². The molecule has 8 heteroatoms. The first-order valence-corrected chi connectivity index (χ1v) is 9.54. The average molecular weight is 455 g/mol. The lowest BCUT2D eigenvalue weighted by atomic mass is 10.0. The summed E-state index contributed by atoms with van der Waals surface area (Å²) in [6, 6.07) is 12.6. The first-order valence-electron chi connectivity index (χ1n) is 8.75. The normalized spacial score (nSPS) is 17.1. The van der Waals surface area contributed by atoms with Crippen LogP contribution in [0.2, 0.25) is 0 Å². The number of hydrogen-bond donors (Lipinski definition) is 1. The maximum absolute atomic E-state index is 13.0. The van der Waals surface area contributed by atoms with Crippen molar-refractivity contribution in [2.45, 2.75) is 19.0 Å². The Morgan fingerprint density at radius 2 is 1.82 bits per heavy atom. The molecule has 3 rings (SSSR count). The molecule has 1 unspecified atom stereocenters. The van der Waals surface area contributed by atoms with Gasteiger partial charge in [-0.15, -0.1) is 0 Å². The highest BCUT2D eigenvalue weighted by Crippen LogP contribution is 2.32. The zero-order valence-corrected chi connectivity index (χ0v) is 16.4. The Hall–Kier alpha value is -2.35. The van der Waals surface area contributed by atoms with E-state index in [4.69, 9.17) is 0 Å². The molecule has 1 saturated heterocycles. The van der Waals surface area contributed by atoms with Gasteiger partial charge < -0.3 is 10.2 Å². The van der Waals surface area contributed by atoms with E-state index in [0.29, 0.717) is 5.69 Å². The first kappa shape index (κ1) is 20.4. The molecule has 1 aliphatic heterocycles. The van der Waals surface area contributed by atoms with Gasteiger partial charge >= 0.3 is 6.18 Å². The standard InChI is InChI=1S/C20H18BrF3N2O2/c21-16-7-3-4-8-17(16)26-12-14(11-18(26)27)19(28)25-10-9-13-5-1-2-6-15(13)20(22,23)24/h1-8,14H,9-12H2,(H,25,28). The summed E-state index contributed by atoms with van der Waals surface area (Å²) in [7, 11) is 0. The predicted octanol–water partition coefficient (Wildman–Crippen LogP) is 4.18. The average Bonchev–Trinajstić information content (AvgIpc) is 3.03. The molecule has 2 aromatic rings. The van der Waals surface area contributed by atoms with E-state index in [2.05, 4.69) is 21.2 Å². The summed E-state index contributed by atoms with van der Waals surface area (Å²) in [6.07, 6.45) is -4.29.